The molecule has 3 saturated carbocycles. The molecule has 0 radical (unpaired) electrons. The summed E-state index contributed by atoms with van der Waals surface area (Å²) in [5.74, 6) is -0.334. The molecule has 0 atom stereocenters. The van der Waals surface area contributed by atoms with Gasteiger partial charge in [0, 0.05) is 11.1 Å². The Bertz CT molecular complexity index is 608. The molecule has 0 unspecified atom stereocenters. The van der Waals surface area contributed by atoms with Crippen molar-refractivity contribution in [1.29, 1.82) is 5.26 Å². The van der Waals surface area contributed by atoms with Crippen molar-refractivity contribution in [3.05, 3.63) is 35.4 Å². The first-order chi connectivity index (χ1) is 9.52. The first kappa shape index (κ1) is 12.7. The Labute approximate surface area is 116 Å². The van der Waals surface area contributed by atoms with Crippen molar-refractivity contribution in [3.8, 4) is 6.07 Å². The highest BCUT2D eigenvalue weighted by molar-refractivity contribution is 5.96. The summed E-state index contributed by atoms with van der Waals surface area (Å²) in [4.78, 5) is 23.7. The first-order valence-corrected chi connectivity index (χ1v) is 6.44. The van der Waals surface area contributed by atoms with Gasteiger partial charge in [0.25, 0.3) is 5.91 Å². The number of nitrogens with one attached hydrogen (secondary N) is 1. The Morgan fingerprint density at radius 2 is 1.85 bits per heavy atom. The maximum Gasteiger partial charge on any atom is 0.312 e. The van der Waals surface area contributed by atoms with Crippen LogP contribution in [0.5, 0.6) is 0 Å². The molecule has 0 spiro atoms. The molecule has 3 aliphatic rings. The quantitative estimate of drug-likeness (QED) is 0.842. The van der Waals surface area contributed by atoms with Gasteiger partial charge in [0.15, 0.2) is 0 Å². The number of methoxy groups -OCH3 is 1. The van der Waals surface area contributed by atoms with E-state index in [2.05, 4.69) is 5.32 Å². The molecular formula is C15H14N2O3. The smallest absolute Gasteiger partial charge is 0.312 e. The lowest BCUT2D eigenvalue weighted by Gasteiger charge is -2.68. The van der Waals surface area contributed by atoms with E-state index in [1.165, 1.54) is 7.11 Å². The second-order valence-electron chi connectivity index (χ2n) is 5.73. The molecule has 0 aliphatic heterocycles. The number of nitriles is 1. The van der Waals surface area contributed by atoms with Crippen molar-refractivity contribution in [2.45, 2.75) is 24.8 Å². The fourth-order valence-electron chi connectivity index (χ4n) is 3.36. The molecule has 1 amide bonds. The molecule has 1 aromatic carbocycles. The molecule has 5 heteroatoms. The highest BCUT2D eigenvalue weighted by Gasteiger charge is 2.73. The Morgan fingerprint density at radius 3 is 2.35 bits per heavy atom. The van der Waals surface area contributed by atoms with Gasteiger partial charge in [-0.3, -0.25) is 9.59 Å². The van der Waals surface area contributed by atoms with Gasteiger partial charge in [0.05, 0.1) is 24.2 Å². The van der Waals surface area contributed by atoms with E-state index in [9.17, 15) is 9.59 Å². The zero-order valence-corrected chi connectivity index (χ0v) is 11.1. The van der Waals surface area contributed by atoms with Gasteiger partial charge in [-0.15, -0.1) is 0 Å². The highest BCUT2D eigenvalue weighted by atomic mass is 16.5. The summed E-state index contributed by atoms with van der Waals surface area (Å²) in [6, 6.07) is 8.52. The molecule has 0 saturated heterocycles. The third kappa shape index (κ3) is 1.68. The average Bonchev–Trinajstić information content (AvgIpc) is 2.40. The third-order valence-electron chi connectivity index (χ3n) is 4.30. The summed E-state index contributed by atoms with van der Waals surface area (Å²) in [6.07, 6.45) is 1.98. The average molecular weight is 270 g/mol. The van der Waals surface area contributed by atoms with Crippen molar-refractivity contribution in [2.75, 3.05) is 7.11 Å². The van der Waals surface area contributed by atoms with Crippen molar-refractivity contribution in [3.63, 3.8) is 0 Å². The number of ether oxygens (including phenoxy) is 1. The van der Waals surface area contributed by atoms with E-state index in [1.54, 1.807) is 24.3 Å². The fraction of sp³-hybridized carbons (Fsp3) is 0.400. The minimum Gasteiger partial charge on any atom is -0.469 e. The van der Waals surface area contributed by atoms with E-state index in [0.29, 0.717) is 30.4 Å². The van der Waals surface area contributed by atoms with Crippen LogP contribution in [-0.2, 0) is 9.53 Å². The molecular weight excluding hydrogens is 256 g/mol. The molecule has 4 rings (SSSR count). The topological polar surface area (TPSA) is 79.2 Å². The van der Waals surface area contributed by atoms with E-state index in [4.69, 9.17) is 10.00 Å². The predicted molar refractivity (Wildman–Crippen MR) is 69.7 cm³/mol. The summed E-state index contributed by atoms with van der Waals surface area (Å²) in [5, 5.41) is 11.7. The molecule has 2 bridgehead atoms. The molecule has 20 heavy (non-hydrogen) atoms. The van der Waals surface area contributed by atoms with Gasteiger partial charge in [-0.25, -0.2) is 0 Å². The molecule has 3 aliphatic carbocycles. The number of nitrogens with zero attached hydrogens (tertiary/aromatic N) is 1. The Hall–Kier alpha value is -2.35. The third-order valence-corrected chi connectivity index (χ3v) is 4.30. The normalized spacial score (nSPS) is 29.4. The van der Waals surface area contributed by atoms with Crippen LogP contribution in [0.1, 0.15) is 35.2 Å². The molecule has 0 heterocycles. The van der Waals surface area contributed by atoms with Crippen molar-refractivity contribution >= 4 is 11.9 Å². The summed E-state index contributed by atoms with van der Waals surface area (Å²) >= 11 is 0. The van der Waals surface area contributed by atoms with Gasteiger partial charge in [-0.1, -0.05) is 0 Å². The van der Waals surface area contributed by atoms with Gasteiger partial charge < -0.3 is 10.1 Å². The van der Waals surface area contributed by atoms with Gasteiger partial charge in [-0.2, -0.15) is 5.26 Å². The predicted octanol–water partition coefficient (Wildman–Crippen LogP) is 1.38. The number of carbonyl (C=O) groups is 2. The van der Waals surface area contributed by atoms with Gasteiger partial charge >= 0.3 is 5.97 Å². The van der Waals surface area contributed by atoms with E-state index in [1.807, 2.05) is 6.07 Å². The summed E-state index contributed by atoms with van der Waals surface area (Å²) in [6.45, 7) is 0. The van der Waals surface area contributed by atoms with Crippen LogP contribution in [0.3, 0.4) is 0 Å². The van der Waals surface area contributed by atoms with Crippen LogP contribution in [0.15, 0.2) is 24.3 Å². The van der Waals surface area contributed by atoms with E-state index >= 15 is 0 Å². The van der Waals surface area contributed by atoms with Crippen LogP contribution in [0.25, 0.3) is 0 Å². The first-order valence-electron chi connectivity index (χ1n) is 6.44. The second kappa shape index (κ2) is 4.07. The SMILES string of the molecule is COC(=O)C12CC(NC(=O)c3ccc(C#N)cc3)(C1)C2. The fourth-order valence-corrected chi connectivity index (χ4v) is 3.36. The lowest BCUT2D eigenvalue weighted by molar-refractivity contribution is -0.199. The Balaban J connectivity index is 1.62. The minimum atomic E-state index is -0.354. The van der Waals surface area contributed by atoms with Gasteiger partial charge in [0.2, 0.25) is 0 Å². The van der Waals surface area contributed by atoms with Crippen LogP contribution in [0.4, 0.5) is 0 Å². The zero-order valence-electron chi connectivity index (χ0n) is 11.1. The number of rotatable bonds is 3. The molecule has 102 valence electrons. The highest BCUT2D eigenvalue weighted by Crippen LogP contribution is 2.67. The van der Waals surface area contributed by atoms with E-state index < -0.39 is 0 Å². The summed E-state index contributed by atoms with van der Waals surface area (Å²) in [7, 11) is 1.39. The monoisotopic (exact) mass is 270 g/mol. The van der Waals surface area contributed by atoms with Crippen molar-refractivity contribution in [2.24, 2.45) is 5.41 Å². The summed E-state index contributed by atoms with van der Waals surface area (Å²) < 4.78 is 4.77. The van der Waals surface area contributed by atoms with Crippen molar-refractivity contribution < 1.29 is 14.3 Å². The second-order valence-corrected chi connectivity index (χ2v) is 5.73. The Morgan fingerprint density at radius 1 is 1.25 bits per heavy atom. The molecule has 1 N–H and O–H groups in total. The van der Waals surface area contributed by atoms with E-state index in [0.717, 1.165) is 0 Å². The standard InChI is InChI=1S/C15H14N2O3/c1-20-13(19)14-7-15(8-14,9-14)17-12(18)11-4-2-10(6-16)3-5-11/h2-5H,7-9H2,1H3,(H,17,18). The number of benzene rings is 1. The Kier molecular flexibility index (Phi) is 2.58. The number of hydrogen-bond donors (Lipinski definition) is 1. The van der Waals surface area contributed by atoms with Gasteiger partial charge in [-0.05, 0) is 43.5 Å². The zero-order chi connectivity index (χ0) is 14.4. The van der Waals surface area contributed by atoms with Gasteiger partial charge in [0.1, 0.15) is 0 Å². The molecule has 0 aromatic heterocycles. The maximum absolute atomic E-state index is 12.1. The van der Waals surface area contributed by atoms with Crippen LogP contribution in [0.2, 0.25) is 0 Å². The number of hydrogen-bond acceptors (Lipinski definition) is 4. The summed E-state index contributed by atoms with van der Waals surface area (Å²) in [5.41, 5.74) is 0.462. The molecule has 5 nitrogen and oxygen atoms in total. The lowest BCUT2D eigenvalue weighted by atomic mass is 9.39. The molecule has 1 aromatic rings. The lowest BCUT2D eigenvalue weighted by Crippen LogP contribution is -2.77. The molecule has 3 fully saturated rings. The van der Waals surface area contributed by atoms with Crippen LogP contribution < -0.4 is 5.32 Å². The maximum atomic E-state index is 12.1. The number of esters is 1. The van der Waals surface area contributed by atoms with Crippen LogP contribution >= 0.6 is 0 Å². The minimum absolute atomic E-state index is 0.160. The van der Waals surface area contributed by atoms with E-state index in [-0.39, 0.29) is 22.8 Å². The number of carbonyl (C=O) groups excluding carboxylic acids is 2. The number of amides is 1. The van der Waals surface area contributed by atoms with Crippen LogP contribution in [-0.4, -0.2) is 24.5 Å². The largest absolute Gasteiger partial charge is 0.469 e. The van der Waals surface area contributed by atoms with Crippen molar-refractivity contribution in [1.82, 2.24) is 5.32 Å². The van der Waals surface area contributed by atoms with Crippen LogP contribution in [0, 0.1) is 16.7 Å².